The lowest BCUT2D eigenvalue weighted by atomic mass is 9.96. The van der Waals surface area contributed by atoms with Crippen molar-refractivity contribution >= 4 is 5.57 Å². The summed E-state index contributed by atoms with van der Waals surface area (Å²) in [4.78, 5) is 0. The molecular weight excluding hydrogens is 187 g/mol. The third-order valence-corrected chi connectivity index (χ3v) is 2.75. The van der Waals surface area contributed by atoms with Gasteiger partial charge in [-0.1, -0.05) is 29.8 Å². The molecule has 0 saturated heterocycles. The molecule has 1 heteroatoms. The van der Waals surface area contributed by atoms with Crippen LogP contribution in [0.3, 0.4) is 0 Å². The highest BCUT2D eigenvalue weighted by Crippen LogP contribution is 2.26. The molecule has 0 amide bonds. The van der Waals surface area contributed by atoms with Crippen LogP contribution in [-0.4, -0.2) is 0 Å². The fraction of sp³-hybridized carbons (Fsp3) is 0.429. The van der Waals surface area contributed by atoms with Crippen molar-refractivity contribution in [3.63, 3.8) is 0 Å². The zero-order valence-electron chi connectivity index (χ0n) is 10.2. The van der Waals surface area contributed by atoms with Gasteiger partial charge in [0, 0.05) is 0 Å². The van der Waals surface area contributed by atoms with Crippen LogP contribution in [0.25, 0.3) is 5.57 Å². The first-order valence-corrected chi connectivity index (χ1v) is 5.26. The molecule has 0 unspecified atom stereocenters. The monoisotopic (exact) mass is 206 g/mol. The quantitative estimate of drug-likeness (QED) is 0.657. The number of allylic oxidation sites excluding steroid dienone is 2. The number of benzene rings is 1. The minimum absolute atomic E-state index is 0.729. The van der Waals surface area contributed by atoms with Gasteiger partial charge in [0.25, 0.3) is 0 Å². The van der Waals surface area contributed by atoms with Crippen LogP contribution >= 0.6 is 0 Å². The smallest absolute Gasteiger partial charge is 0.130 e. The molecule has 0 aliphatic rings. The molecular formula is C14H19F. The van der Waals surface area contributed by atoms with Crippen molar-refractivity contribution in [3.05, 3.63) is 41.0 Å². The fourth-order valence-electron chi connectivity index (χ4n) is 1.41. The lowest BCUT2D eigenvalue weighted by molar-refractivity contribution is 0.221. The highest BCUT2D eigenvalue weighted by molar-refractivity contribution is 5.66. The standard InChI is InChI=1S/C14H19F/c1-10(2)11(3)12-6-8-13(9-7-12)14(4,5)15/h6-9H,1-5H3. The van der Waals surface area contributed by atoms with Gasteiger partial charge >= 0.3 is 0 Å². The van der Waals surface area contributed by atoms with Crippen LogP contribution in [0.15, 0.2) is 29.8 Å². The fourth-order valence-corrected chi connectivity index (χ4v) is 1.41. The maximum absolute atomic E-state index is 13.6. The zero-order chi connectivity index (χ0) is 11.6. The van der Waals surface area contributed by atoms with Gasteiger partial charge in [-0.15, -0.1) is 0 Å². The van der Waals surface area contributed by atoms with E-state index >= 15 is 0 Å². The Morgan fingerprint density at radius 1 is 1.00 bits per heavy atom. The molecule has 0 atom stereocenters. The van der Waals surface area contributed by atoms with Crippen molar-refractivity contribution in [2.24, 2.45) is 0 Å². The molecule has 1 aromatic rings. The number of rotatable bonds is 2. The summed E-state index contributed by atoms with van der Waals surface area (Å²) in [7, 11) is 0. The van der Waals surface area contributed by atoms with Crippen molar-refractivity contribution in [2.75, 3.05) is 0 Å². The third-order valence-electron chi connectivity index (χ3n) is 2.75. The van der Waals surface area contributed by atoms with E-state index in [9.17, 15) is 4.39 Å². The Kier molecular flexibility index (Phi) is 3.33. The van der Waals surface area contributed by atoms with Crippen LogP contribution < -0.4 is 0 Å². The minimum atomic E-state index is -1.25. The van der Waals surface area contributed by atoms with Crippen LogP contribution in [0.5, 0.6) is 0 Å². The van der Waals surface area contributed by atoms with Gasteiger partial charge in [-0.05, 0) is 51.3 Å². The van der Waals surface area contributed by atoms with Crippen molar-refractivity contribution in [1.29, 1.82) is 0 Å². The molecule has 0 heterocycles. The number of hydrogen-bond acceptors (Lipinski definition) is 0. The topological polar surface area (TPSA) is 0 Å². The van der Waals surface area contributed by atoms with Gasteiger partial charge in [0.1, 0.15) is 5.67 Å². The van der Waals surface area contributed by atoms with Crippen molar-refractivity contribution < 1.29 is 4.39 Å². The van der Waals surface area contributed by atoms with Gasteiger partial charge in [-0.25, -0.2) is 4.39 Å². The Labute approximate surface area is 91.8 Å². The van der Waals surface area contributed by atoms with Crippen molar-refractivity contribution in [2.45, 2.75) is 40.3 Å². The molecule has 0 aliphatic carbocycles. The summed E-state index contributed by atoms with van der Waals surface area (Å²) in [5.74, 6) is 0. The van der Waals surface area contributed by atoms with Gasteiger partial charge in [-0.3, -0.25) is 0 Å². The molecule has 0 spiro atoms. The summed E-state index contributed by atoms with van der Waals surface area (Å²) >= 11 is 0. The molecule has 0 fully saturated rings. The first kappa shape index (κ1) is 12.0. The molecule has 0 aliphatic heterocycles. The van der Waals surface area contributed by atoms with Gasteiger partial charge in [0.05, 0.1) is 0 Å². The van der Waals surface area contributed by atoms with Gasteiger partial charge < -0.3 is 0 Å². The predicted octanol–water partition coefficient (Wildman–Crippen LogP) is 4.70. The maximum Gasteiger partial charge on any atom is 0.130 e. The van der Waals surface area contributed by atoms with E-state index in [4.69, 9.17) is 0 Å². The van der Waals surface area contributed by atoms with Crippen molar-refractivity contribution in [3.8, 4) is 0 Å². The summed E-state index contributed by atoms with van der Waals surface area (Å²) in [6.07, 6.45) is 0. The lowest BCUT2D eigenvalue weighted by Crippen LogP contribution is -2.08. The van der Waals surface area contributed by atoms with Crippen molar-refractivity contribution in [1.82, 2.24) is 0 Å². The summed E-state index contributed by atoms with van der Waals surface area (Å²) in [5, 5.41) is 0. The van der Waals surface area contributed by atoms with E-state index in [1.165, 1.54) is 16.7 Å². The van der Waals surface area contributed by atoms with E-state index in [0.717, 1.165) is 5.56 Å². The first-order chi connectivity index (χ1) is 6.82. The molecule has 1 rings (SSSR count). The average molecular weight is 206 g/mol. The summed E-state index contributed by atoms with van der Waals surface area (Å²) < 4.78 is 13.6. The second-order valence-electron chi connectivity index (χ2n) is 4.67. The Balaban J connectivity index is 3.07. The van der Waals surface area contributed by atoms with Gasteiger partial charge in [0.2, 0.25) is 0 Å². The van der Waals surface area contributed by atoms with E-state index in [2.05, 4.69) is 20.8 Å². The Bertz CT molecular complexity index is 359. The lowest BCUT2D eigenvalue weighted by Gasteiger charge is -2.15. The Hall–Kier alpha value is -1.11. The van der Waals surface area contributed by atoms with Crippen LogP contribution in [0, 0.1) is 0 Å². The molecule has 82 valence electrons. The molecule has 0 radical (unpaired) electrons. The van der Waals surface area contributed by atoms with E-state index in [-0.39, 0.29) is 0 Å². The van der Waals surface area contributed by atoms with E-state index < -0.39 is 5.67 Å². The highest BCUT2D eigenvalue weighted by Gasteiger charge is 2.17. The minimum Gasteiger partial charge on any atom is -0.239 e. The van der Waals surface area contributed by atoms with Gasteiger partial charge in [0.15, 0.2) is 0 Å². The molecule has 0 aromatic heterocycles. The maximum atomic E-state index is 13.6. The second-order valence-corrected chi connectivity index (χ2v) is 4.67. The zero-order valence-corrected chi connectivity index (χ0v) is 10.2. The Morgan fingerprint density at radius 2 is 1.47 bits per heavy atom. The number of halogens is 1. The van der Waals surface area contributed by atoms with Crippen LogP contribution in [0.4, 0.5) is 4.39 Å². The summed E-state index contributed by atoms with van der Waals surface area (Å²) in [6.45, 7) is 9.42. The summed E-state index contributed by atoms with van der Waals surface area (Å²) in [5.41, 5.74) is 3.20. The van der Waals surface area contributed by atoms with Crippen LogP contribution in [0.1, 0.15) is 45.7 Å². The SMILES string of the molecule is CC(C)=C(C)c1ccc(C(C)(C)F)cc1. The molecule has 15 heavy (non-hydrogen) atoms. The summed E-state index contributed by atoms with van der Waals surface area (Å²) in [6, 6.07) is 7.70. The van der Waals surface area contributed by atoms with E-state index in [1.807, 2.05) is 24.3 Å². The van der Waals surface area contributed by atoms with Gasteiger partial charge in [-0.2, -0.15) is 0 Å². The predicted molar refractivity (Wildman–Crippen MR) is 64.5 cm³/mol. The normalized spacial score (nSPS) is 11.3. The highest BCUT2D eigenvalue weighted by atomic mass is 19.1. The van der Waals surface area contributed by atoms with E-state index in [1.54, 1.807) is 13.8 Å². The molecule has 0 N–H and O–H groups in total. The molecule has 0 saturated carbocycles. The largest absolute Gasteiger partial charge is 0.239 e. The van der Waals surface area contributed by atoms with Crippen LogP contribution in [-0.2, 0) is 5.67 Å². The average Bonchev–Trinajstić information content (AvgIpc) is 2.15. The van der Waals surface area contributed by atoms with Crippen LogP contribution in [0.2, 0.25) is 0 Å². The second kappa shape index (κ2) is 4.18. The third kappa shape index (κ3) is 2.92. The number of hydrogen-bond donors (Lipinski definition) is 0. The first-order valence-electron chi connectivity index (χ1n) is 5.26. The Morgan fingerprint density at radius 3 is 1.80 bits per heavy atom. The molecule has 0 nitrogen and oxygen atoms in total. The number of alkyl halides is 1. The molecule has 0 bridgehead atoms. The molecule has 1 aromatic carbocycles. The van der Waals surface area contributed by atoms with E-state index in [0.29, 0.717) is 0 Å².